The fourth-order valence-corrected chi connectivity index (χ4v) is 2.23. The Hall–Kier alpha value is -1.52. The highest BCUT2D eigenvalue weighted by Crippen LogP contribution is 2.25. The fraction of sp³-hybridized carbons (Fsp3) is 0.0769. The number of rotatable bonds is 3. The molecule has 0 aromatic heterocycles. The summed E-state index contributed by atoms with van der Waals surface area (Å²) in [4.78, 5) is 0.265. The predicted molar refractivity (Wildman–Crippen MR) is 71.1 cm³/mol. The van der Waals surface area contributed by atoms with Crippen LogP contribution in [0.25, 0.3) is 0 Å². The number of halogens is 1. The van der Waals surface area contributed by atoms with Crippen molar-refractivity contribution in [2.75, 3.05) is 6.26 Å². The molecule has 0 unspecified atom stereocenters. The van der Waals surface area contributed by atoms with E-state index in [9.17, 15) is 8.42 Å². The van der Waals surface area contributed by atoms with E-state index in [-0.39, 0.29) is 4.90 Å². The number of ether oxygens (including phenoxy) is 1. The third-order valence-corrected chi connectivity index (χ3v) is 3.65. The minimum atomic E-state index is -3.18. The molecule has 0 amide bonds. The van der Waals surface area contributed by atoms with Gasteiger partial charge in [0, 0.05) is 11.3 Å². The van der Waals surface area contributed by atoms with E-state index in [0.717, 1.165) is 0 Å². The van der Waals surface area contributed by atoms with E-state index in [0.29, 0.717) is 16.5 Å². The van der Waals surface area contributed by atoms with Gasteiger partial charge < -0.3 is 4.74 Å². The van der Waals surface area contributed by atoms with Gasteiger partial charge in [-0.3, -0.25) is 0 Å². The zero-order chi connectivity index (χ0) is 13.2. The first kappa shape index (κ1) is 12.9. The SMILES string of the molecule is CS(=O)(=O)c1ccc(Oc2cccc(Cl)c2)cc1. The molecule has 0 radical (unpaired) electrons. The molecular weight excluding hydrogens is 272 g/mol. The van der Waals surface area contributed by atoms with E-state index in [4.69, 9.17) is 16.3 Å². The van der Waals surface area contributed by atoms with Gasteiger partial charge in [0.1, 0.15) is 11.5 Å². The Morgan fingerprint density at radius 3 is 2.22 bits per heavy atom. The molecule has 0 saturated carbocycles. The third-order valence-electron chi connectivity index (χ3n) is 2.28. The van der Waals surface area contributed by atoms with E-state index >= 15 is 0 Å². The summed E-state index contributed by atoms with van der Waals surface area (Å²) in [6, 6.07) is 13.2. The summed E-state index contributed by atoms with van der Waals surface area (Å²) >= 11 is 5.84. The Morgan fingerprint density at radius 1 is 1.00 bits per heavy atom. The molecular formula is C13H11ClO3S. The van der Waals surface area contributed by atoms with Crippen LogP contribution in [0.5, 0.6) is 11.5 Å². The number of benzene rings is 2. The minimum absolute atomic E-state index is 0.265. The first-order valence-electron chi connectivity index (χ1n) is 5.19. The first-order valence-corrected chi connectivity index (χ1v) is 7.46. The summed E-state index contributed by atoms with van der Waals surface area (Å²) in [5.41, 5.74) is 0. The molecule has 5 heteroatoms. The van der Waals surface area contributed by atoms with Crippen LogP contribution in [0.4, 0.5) is 0 Å². The standard InChI is InChI=1S/C13H11ClO3S/c1-18(15,16)13-7-5-11(6-8-13)17-12-4-2-3-10(14)9-12/h2-9H,1H3. The Kier molecular flexibility index (Phi) is 3.59. The molecule has 0 aliphatic heterocycles. The summed E-state index contributed by atoms with van der Waals surface area (Å²) in [6.45, 7) is 0. The Labute approximate surface area is 111 Å². The van der Waals surface area contributed by atoms with Crippen molar-refractivity contribution in [3.63, 3.8) is 0 Å². The molecule has 0 heterocycles. The van der Waals surface area contributed by atoms with Crippen LogP contribution in [-0.2, 0) is 9.84 Å². The average Bonchev–Trinajstić information content (AvgIpc) is 2.28. The van der Waals surface area contributed by atoms with Crippen molar-refractivity contribution in [2.24, 2.45) is 0 Å². The van der Waals surface area contributed by atoms with Crippen LogP contribution < -0.4 is 4.74 Å². The van der Waals surface area contributed by atoms with Crippen LogP contribution in [0.2, 0.25) is 5.02 Å². The van der Waals surface area contributed by atoms with Crippen molar-refractivity contribution in [1.29, 1.82) is 0 Å². The zero-order valence-corrected chi connectivity index (χ0v) is 11.2. The molecule has 0 aliphatic rings. The maximum Gasteiger partial charge on any atom is 0.175 e. The van der Waals surface area contributed by atoms with E-state index in [2.05, 4.69) is 0 Å². The smallest absolute Gasteiger partial charge is 0.175 e. The second-order valence-corrected chi connectivity index (χ2v) is 6.26. The van der Waals surface area contributed by atoms with Crippen molar-refractivity contribution in [2.45, 2.75) is 4.90 Å². The molecule has 2 aromatic carbocycles. The number of hydrogen-bond donors (Lipinski definition) is 0. The monoisotopic (exact) mass is 282 g/mol. The van der Waals surface area contributed by atoms with Gasteiger partial charge in [-0.25, -0.2) is 8.42 Å². The molecule has 0 saturated heterocycles. The van der Waals surface area contributed by atoms with Crippen LogP contribution in [-0.4, -0.2) is 14.7 Å². The van der Waals surface area contributed by atoms with E-state index in [1.54, 1.807) is 36.4 Å². The van der Waals surface area contributed by atoms with Crippen molar-refractivity contribution in [1.82, 2.24) is 0 Å². The van der Waals surface area contributed by atoms with Gasteiger partial charge in [0.25, 0.3) is 0 Å². The second-order valence-electron chi connectivity index (χ2n) is 3.80. The summed E-state index contributed by atoms with van der Waals surface area (Å²) in [6.07, 6.45) is 1.17. The van der Waals surface area contributed by atoms with Gasteiger partial charge in [-0.2, -0.15) is 0 Å². The van der Waals surface area contributed by atoms with Crippen LogP contribution in [0, 0.1) is 0 Å². The van der Waals surface area contributed by atoms with Crippen molar-refractivity contribution >= 4 is 21.4 Å². The minimum Gasteiger partial charge on any atom is -0.457 e. The van der Waals surface area contributed by atoms with E-state index in [1.165, 1.54) is 18.4 Å². The molecule has 0 atom stereocenters. The first-order chi connectivity index (χ1) is 8.45. The van der Waals surface area contributed by atoms with E-state index in [1.807, 2.05) is 0 Å². The normalized spacial score (nSPS) is 11.2. The lowest BCUT2D eigenvalue weighted by Crippen LogP contribution is -1.96. The fourth-order valence-electron chi connectivity index (χ4n) is 1.42. The highest BCUT2D eigenvalue weighted by Gasteiger charge is 2.06. The summed E-state index contributed by atoms with van der Waals surface area (Å²) in [7, 11) is -3.18. The molecule has 0 N–H and O–H groups in total. The lowest BCUT2D eigenvalue weighted by Gasteiger charge is -2.06. The van der Waals surface area contributed by atoms with Gasteiger partial charge in [-0.15, -0.1) is 0 Å². The molecule has 94 valence electrons. The highest BCUT2D eigenvalue weighted by atomic mass is 35.5. The van der Waals surface area contributed by atoms with Gasteiger partial charge in [0.2, 0.25) is 0 Å². The lowest BCUT2D eigenvalue weighted by molar-refractivity contribution is 0.482. The molecule has 0 fully saturated rings. The van der Waals surface area contributed by atoms with Crippen molar-refractivity contribution < 1.29 is 13.2 Å². The van der Waals surface area contributed by atoms with Crippen LogP contribution in [0.3, 0.4) is 0 Å². The Balaban J connectivity index is 2.21. The van der Waals surface area contributed by atoms with Gasteiger partial charge in [-0.05, 0) is 42.5 Å². The van der Waals surface area contributed by atoms with Crippen molar-refractivity contribution in [3.05, 3.63) is 53.6 Å². The molecule has 0 aliphatic carbocycles. The molecule has 2 aromatic rings. The Morgan fingerprint density at radius 2 is 1.67 bits per heavy atom. The Bertz CT molecular complexity index is 648. The second kappa shape index (κ2) is 5.00. The maximum atomic E-state index is 11.3. The van der Waals surface area contributed by atoms with Gasteiger partial charge >= 0.3 is 0 Å². The molecule has 0 bridgehead atoms. The van der Waals surface area contributed by atoms with Crippen molar-refractivity contribution in [3.8, 4) is 11.5 Å². The van der Waals surface area contributed by atoms with Gasteiger partial charge in [0.05, 0.1) is 4.90 Å². The average molecular weight is 283 g/mol. The quantitative estimate of drug-likeness (QED) is 0.865. The molecule has 18 heavy (non-hydrogen) atoms. The van der Waals surface area contributed by atoms with Gasteiger partial charge in [0.15, 0.2) is 9.84 Å². The molecule has 3 nitrogen and oxygen atoms in total. The largest absolute Gasteiger partial charge is 0.457 e. The van der Waals surface area contributed by atoms with Crippen LogP contribution >= 0.6 is 11.6 Å². The third kappa shape index (κ3) is 3.24. The summed E-state index contributed by atoms with van der Waals surface area (Å²) in [5, 5.41) is 0.584. The number of hydrogen-bond acceptors (Lipinski definition) is 3. The molecule has 2 rings (SSSR count). The highest BCUT2D eigenvalue weighted by molar-refractivity contribution is 7.90. The lowest BCUT2D eigenvalue weighted by atomic mass is 10.3. The van der Waals surface area contributed by atoms with E-state index < -0.39 is 9.84 Å². The van der Waals surface area contributed by atoms with Gasteiger partial charge in [-0.1, -0.05) is 17.7 Å². The maximum absolute atomic E-state index is 11.3. The van der Waals surface area contributed by atoms with Crippen LogP contribution in [0.15, 0.2) is 53.4 Å². The summed E-state index contributed by atoms with van der Waals surface area (Å²) in [5.74, 6) is 1.17. The number of sulfone groups is 1. The molecule has 0 spiro atoms. The van der Waals surface area contributed by atoms with Crippen LogP contribution in [0.1, 0.15) is 0 Å². The topological polar surface area (TPSA) is 43.4 Å². The zero-order valence-electron chi connectivity index (χ0n) is 9.63. The summed E-state index contributed by atoms with van der Waals surface area (Å²) < 4.78 is 28.1. The predicted octanol–water partition coefficient (Wildman–Crippen LogP) is 3.54.